The summed E-state index contributed by atoms with van der Waals surface area (Å²) in [6, 6.07) is 9.38. The predicted molar refractivity (Wildman–Crippen MR) is 97.8 cm³/mol. The minimum absolute atomic E-state index is 0.0472. The molecule has 0 saturated heterocycles. The van der Waals surface area contributed by atoms with Gasteiger partial charge in [0.25, 0.3) is 0 Å². The largest absolute Gasteiger partial charge is 0.464 e. The Labute approximate surface area is 143 Å². The number of methoxy groups -OCH3 is 1. The summed E-state index contributed by atoms with van der Waals surface area (Å²) in [6.07, 6.45) is 0. The van der Waals surface area contributed by atoms with E-state index in [1.807, 2.05) is 19.1 Å². The molecule has 1 aromatic carbocycles. The van der Waals surface area contributed by atoms with E-state index in [9.17, 15) is 4.79 Å². The second kappa shape index (κ2) is 7.15. The van der Waals surface area contributed by atoms with Gasteiger partial charge in [-0.05, 0) is 18.5 Å². The van der Waals surface area contributed by atoms with Crippen molar-refractivity contribution in [3.8, 4) is 11.3 Å². The molecule has 0 radical (unpaired) electrons. The third-order valence-electron chi connectivity index (χ3n) is 3.68. The minimum atomic E-state index is -0.652. The van der Waals surface area contributed by atoms with Crippen molar-refractivity contribution in [1.29, 1.82) is 0 Å². The standard InChI is InChI=1S/C17H21ClN2O2Si/c1-10-14(19)13(18)16(17(21)22-2)20-15(10)12-7-5-11(6-8-12)9-23(3)4/h5-8,23H,9H2,1-4H3,(H2,19,20). The normalized spacial score (nSPS) is 10.9. The van der Waals surface area contributed by atoms with Gasteiger partial charge in [0.05, 0.1) is 23.5 Å². The first-order valence-corrected chi connectivity index (χ1v) is 11.0. The maximum atomic E-state index is 11.8. The van der Waals surface area contributed by atoms with E-state index in [4.69, 9.17) is 22.1 Å². The monoisotopic (exact) mass is 348 g/mol. The molecule has 23 heavy (non-hydrogen) atoms. The van der Waals surface area contributed by atoms with Crippen molar-refractivity contribution in [2.45, 2.75) is 26.1 Å². The number of rotatable bonds is 4. The van der Waals surface area contributed by atoms with Crippen molar-refractivity contribution in [3.05, 3.63) is 46.1 Å². The van der Waals surface area contributed by atoms with Crippen LogP contribution >= 0.6 is 11.6 Å². The maximum absolute atomic E-state index is 11.8. The Kier molecular flexibility index (Phi) is 5.44. The summed E-state index contributed by atoms with van der Waals surface area (Å²) in [7, 11) is 0.641. The summed E-state index contributed by atoms with van der Waals surface area (Å²) in [5.74, 6) is -0.592. The van der Waals surface area contributed by atoms with Crippen LogP contribution in [0.4, 0.5) is 5.69 Å². The quantitative estimate of drug-likeness (QED) is 0.676. The molecule has 0 saturated carbocycles. The fraction of sp³-hybridized carbons (Fsp3) is 0.294. The van der Waals surface area contributed by atoms with Crippen LogP contribution in [-0.4, -0.2) is 26.9 Å². The van der Waals surface area contributed by atoms with Gasteiger partial charge in [-0.25, -0.2) is 9.78 Å². The van der Waals surface area contributed by atoms with Gasteiger partial charge >= 0.3 is 5.97 Å². The number of anilines is 1. The van der Waals surface area contributed by atoms with Crippen LogP contribution in [0.2, 0.25) is 18.1 Å². The number of nitrogen functional groups attached to an aromatic ring is 1. The van der Waals surface area contributed by atoms with Crippen LogP contribution in [0.3, 0.4) is 0 Å². The van der Waals surface area contributed by atoms with Gasteiger partial charge in [0.2, 0.25) is 0 Å². The molecule has 4 nitrogen and oxygen atoms in total. The molecule has 0 spiro atoms. The van der Waals surface area contributed by atoms with E-state index in [1.165, 1.54) is 12.7 Å². The molecule has 0 aliphatic rings. The van der Waals surface area contributed by atoms with Gasteiger partial charge in [0.15, 0.2) is 5.69 Å². The number of nitrogens with zero attached hydrogens (tertiary/aromatic N) is 1. The van der Waals surface area contributed by atoms with Crippen molar-refractivity contribution in [1.82, 2.24) is 4.98 Å². The average molecular weight is 349 g/mol. The molecule has 0 bridgehead atoms. The third-order valence-corrected chi connectivity index (χ3v) is 5.35. The number of carbonyl (C=O) groups excluding carboxylic acids is 1. The highest BCUT2D eigenvalue weighted by molar-refractivity contribution is 6.55. The predicted octanol–water partition coefficient (Wildman–Crippen LogP) is 3.65. The van der Waals surface area contributed by atoms with Gasteiger partial charge in [0.1, 0.15) is 0 Å². The Morgan fingerprint density at radius 1 is 1.30 bits per heavy atom. The number of pyridine rings is 1. The summed E-state index contributed by atoms with van der Waals surface area (Å²) >= 11 is 6.13. The Morgan fingerprint density at radius 3 is 2.43 bits per heavy atom. The van der Waals surface area contributed by atoms with Gasteiger partial charge < -0.3 is 10.5 Å². The molecule has 0 atom stereocenters. The first kappa shape index (κ1) is 17.5. The van der Waals surface area contributed by atoms with Gasteiger partial charge in [-0.2, -0.15) is 0 Å². The second-order valence-corrected chi connectivity index (χ2v) is 9.52. The van der Waals surface area contributed by atoms with E-state index < -0.39 is 14.8 Å². The zero-order valence-corrected chi connectivity index (χ0v) is 15.7. The number of esters is 1. The van der Waals surface area contributed by atoms with Crippen LogP contribution in [0.1, 0.15) is 21.6 Å². The van der Waals surface area contributed by atoms with Gasteiger partial charge in [-0.15, -0.1) is 0 Å². The zero-order valence-electron chi connectivity index (χ0n) is 13.8. The van der Waals surface area contributed by atoms with Crippen molar-refractivity contribution in [2.24, 2.45) is 0 Å². The topological polar surface area (TPSA) is 65.2 Å². The van der Waals surface area contributed by atoms with E-state index in [1.54, 1.807) is 0 Å². The molecule has 6 heteroatoms. The van der Waals surface area contributed by atoms with Crippen molar-refractivity contribution in [3.63, 3.8) is 0 Å². The number of halogens is 1. The molecular weight excluding hydrogens is 328 g/mol. The lowest BCUT2D eigenvalue weighted by Gasteiger charge is -2.13. The first-order chi connectivity index (χ1) is 10.8. The molecule has 1 heterocycles. The van der Waals surface area contributed by atoms with Crippen molar-refractivity contribution < 1.29 is 9.53 Å². The van der Waals surface area contributed by atoms with Gasteiger partial charge in [-0.1, -0.05) is 54.5 Å². The van der Waals surface area contributed by atoms with E-state index in [2.05, 4.69) is 30.2 Å². The highest BCUT2D eigenvalue weighted by Crippen LogP contribution is 2.33. The fourth-order valence-corrected chi connectivity index (χ4v) is 3.92. The van der Waals surface area contributed by atoms with Crippen LogP contribution in [0, 0.1) is 6.92 Å². The van der Waals surface area contributed by atoms with E-state index in [0.717, 1.165) is 17.2 Å². The van der Waals surface area contributed by atoms with Crippen LogP contribution < -0.4 is 5.73 Å². The molecule has 2 aromatic rings. The Hall–Kier alpha value is -1.85. The number of nitrogens with two attached hydrogens (primary N) is 1. The molecular formula is C17H21ClN2O2Si. The number of hydrogen-bond donors (Lipinski definition) is 1. The third kappa shape index (κ3) is 3.73. The lowest BCUT2D eigenvalue weighted by molar-refractivity contribution is 0.0594. The summed E-state index contributed by atoms with van der Waals surface area (Å²) < 4.78 is 4.73. The molecule has 0 unspecified atom stereocenters. The number of aromatic nitrogens is 1. The minimum Gasteiger partial charge on any atom is -0.464 e. The zero-order chi connectivity index (χ0) is 17.1. The number of hydrogen-bond acceptors (Lipinski definition) is 4. The number of benzene rings is 1. The Morgan fingerprint density at radius 2 is 1.91 bits per heavy atom. The molecule has 0 amide bonds. The maximum Gasteiger partial charge on any atom is 0.358 e. The van der Waals surface area contributed by atoms with Crippen LogP contribution in [0.25, 0.3) is 11.3 Å². The lowest BCUT2D eigenvalue weighted by Crippen LogP contribution is -2.10. The average Bonchev–Trinajstić information content (AvgIpc) is 2.53. The van der Waals surface area contributed by atoms with Crippen molar-refractivity contribution in [2.75, 3.05) is 12.8 Å². The first-order valence-electron chi connectivity index (χ1n) is 7.48. The molecule has 0 aliphatic heterocycles. The smallest absolute Gasteiger partial charge is 0.358 e. The Balaban J connectivity index is 2.50. The molecule has 2 N–H and O–H groups in total. The van der Waals surface area contributed by atoms with Gasteiger partial charge in [-0.3, -0.25) is 0 Å². The fourth-order valence-electron chi connectivity index (χ4n) is 2.45. The highest BCUT2D eigenvalue weighted by atomic mass is 35.5. The van der Waals surface area contributed by atoms with E-state index >= 15 is 0 Å². The van der Waals surface area contributed by atoms with Crippen molar-refractivity contribution >= 4 is 32.1 Å². The number of carbonyl (C=O) groups is 1. The molecule has 122 valence electrons. The van der Waals surface area contributed by atoms with Crippen LogP contribution in [-0.2, 0) is 10.8 Å². The van der Waals surface area contributed by atoms with Crippen LogP contribution in [0.15, 0.2) is 24.3 Å². The lowest BCUT2D eigenvalue weighted by atomic mass is 10.0. The summed E-state index contributed by atoms with van der Waals surface area (Å²) in [5.41, 5.74) is 10.1. The SMILES string of the molecule is COC(=O)c1nc(-c2ccc(C[SiH](C)C)cc2)c(C)c(N)c1Cl. The Bertz CT molecular complexity index is 730. The summed E-state index contributed by atoms with van der Waals surface area (Å²) in [4.78, 5) is 16.2. The number of ether oxygens (including phenoxy) is 1. The van der Waals surface area contributed by atoms with Crippen LogP contribution in [0.5, 0.6) is 0 Å². The second-order valence-electron chi connectivity index (χ2n) is 5.95. The summed E-state index contributed by atoms with van der Waals surface area (Å²) in [5, 5.41) is 0.139. The van der Waals surface area contributed by atoms with E-state index in [0.29, 0.717) is 11.4 Å². The molecule has 1 aromatic heterocycles. The van der Waals surface area contributed by atoms with Gasteiger partial charge in [0, 0.05) is 14.4 Å². The van der Waals surface area contributed by atoms with E-state index in [-0.39, 0.29) is 10.7 Å². The highest BCUT2D eigenvalue weighted by Gasteiger charge is 2.20. The summed E-state index contributed by atoms with van der Waals surface area (Å²) in [6.45, 7) is 6.49. The molecule has 0 aliphatic carbocycles. The molecule has 0 fully saturated rings. The molecule has 2 rings (SSSR count).